The van der Waals surface area contributed by atoms with E-state index in [0.717, 1.165) is 16.7 Å². The van der Waals surface area contributed by atoms with Gasteiger partial charge in [0.2, 0.25) is 17.7 Å². The standard InChI is InChI=1S/C36H42N4O9/c37-28(16-19-31(41)47-22-25-10-4-1-5-11-25)35(45)40-30(18-21-33(43)49-24-27-14-8-3-9-15-27)36(46)39-29(34(38)44)17-20-32(42)48-23-26-12-6-2-7-13-26/h1-15,28-30H,16-24,37H2,(H2,38,44)(H,39,46)(H,40,45). The second-order valence-electron chi connectivity index (χ2n) is 11.2. The van der Waals surface area contributed by atoms with Gasteiger partial charge >= 0.3 is 17.9 Å². The molecule has 260 valence electrons. The van der Waals surface area contributed by atoms with E-state index >= 15 is 0 Å². The first-order chi connectivity index (χ1) is 23.6. The topological polar surface area (TPSA) is 206 Å². The summed E-state index contributed by atoms with van der Waals surface area (Å²) in [6, 6.07) is 23.2. The van der Waals surface area contributed by atoms with Gasteiger partial charge in [0.1, 0.15) is 31.9 Å². The van der Waals surface area contributed by atoms with Crippen LogP contribution in [-0.2, 0) is 62.8 Å². The van der Waals surface area contributed by atoms with Gasteiger partial charge in [0.05, 0.1) is 6.04 Å². The lowest BCUT2D eigenvalue weighted by molar-refractivity contribution is -0.146. The van der Waals surface area contributed by atoms with E-state index in [1.54, 1.807) is 60.7 Å². The van der Waals surface area contributed by atoms with E-state index in [9.17, 15) is 28.8 Å². The van der Waals surface area contributed by atoms with Crippen molar-refractivity contribution in [2.75, 3.05) is 0 Å². The molecule has 0 saturated carbocycles. The van der Waals surface area contributed by atoms with E-state index in [1.165, 1.54) is 0 Å². The molecule has 0 spiro atoms. The number of rotatable bonds is 20. The van der Waals surface area contributed by atoms with Crippen molar-refractivity contribution in [3.8, 4) is 0 Å². The van der Waals surface area contributed by atoms with Gasteiger partial charge in [-0.1, -0.05) is 91.0 Å². The van der Waals surface area contributed by atoms with Crippen LogP contribution in [0.2, 0.25) is 0 Å². The van der Waals surface area contributed by atoms with Crippen LogP contribution in [0.25, 0.3) is 0 Å². The van der Waals surface area contributed by atoms with E-state index in [0.29, 0.717) is 0 Å². The van der Waals surface area contributed by atoms with Crippen LogP contribution in [-0.4, -0.2) is 53.8 Å². The molecule has 0 radical (unpaired) electrons. The normalized spacial score (nSPS) is 12.4. The van der Waals surface area contributed by atoms with Crippen molar-refractivity contribution in [1.82, 2.24) is 10.6 Å². The van der Waals surface area contributed by atoms with Gasteiger partial charge in [-0.3, -0.25) is 28.8 Å². The number of hydrogen-bond donors (Lipinski definition) is 4. The third-order valence-electron chi connectivity index (χ3n) is 7.29. The Bertz CT molecular complexity index is 1520. The van der Waals surface area contributed by atoms with Crippen molar-refractivity contribution in [3.63, 3.8) is 0 Å². The molecule has 3 amide bonds. The molecule has 13 heteroatoms. The summed E-state index contributed by atoms with van der Waals surface area (Å²) in [6.45, 7) is 0.112. The highest BCUT2D eigenvalue weighted by molar-refractivity contribution is 5.93. The lowest BCUT2D eigenvalue weighted by Gasteiger charge is -2.23. The maximum Gasteiger partial charge on any atom is 0.306 e. The fraction of sp³-hybridized carbons (Fsp3) is 0.333. The van der Waals surface area contributed by atoms with Gasteiger partial charge in [-0.15, -0.1) is 0 Å². The Labute approximate surface area is 284 Å². The number of amides is 3. The summed E-state index contributed by atoms with van der Waals surface area (Å²) in [5.74, 6) is -4.32. The number of ether oxygens (including phenoxy) is 3. The predicted octanol–water partition coefficient (Wildman–Crippen LogP) is 2.34. The molecule has 3 aromatic carbocycles. The van der Waals surface area contributed by atoms with Crippen molar-refractivity contribution < 1.29 is 43.0 Å². The van der Waals surface area contributed by atoms with Gasteiger partial charge in [-0.2, -0.15) is 0 Å². The van der Waals surface area contributed by atoms with E-state index in [1.807, 2.05) is 30.3 Å². The molecule has 3 atom stereocenters. The summed E-state index contributed by atoms with van der Waals surface area (Å²) < 4.78 is 15.7. The fourth-order valence-corrected chi connectivity index (χ4v) is 4.46. The van der Waals surface area contributed by atoms with Crippen LogP contribution in [0.3, 0.4) is 0 Å². The minimum absolute atomic E-state index is 0.0122. The summed E-state index contributed by atoms with van der Waals surface area (Å²) in [7, 11) is 0. The number of primary amides is 1. The SMILES string of the molecule is NC(=O)C(CCC(=O)OCc1ccccc1)NC(=O)C(CCC(=O)OCc1ccccc1)NC(=O)C(N)CCC(=O)OCc1ccccc1. The molecule has 49 heavy (non-hydrogen) atoms. The Balaban J connectivity index is 1.56. The van der Waals surface area contributed by atoms with Crippen molar-refractivity contribution in [1.29, 1.82) is 0 Å². The second kappa shape index (κ2) is 20.6. The van der Waals surface area contributed by atoms with Crippen LogP contribution in [0, 0.1) is 0 Å². The number of carbonyl (C=O) groups excluding carboxylic acids is 6. The number of nitrogens with one attached hydrogen (secondary N) is 2. The predicted molar refractivity (Wildman–Crippen MR) is 177 cm³/mol. The summed E-state index contributed by atoms with van der Waals surface area (Å²) in [5, 5.41) is 4.95. The zero-order valence-corrected chi connectivity index (χ0v) is 27.1. The van der Waals surface area contributed by atoms with Gasteiger partial charge in [0.25, 0.3) is 0 Å². The highest BCUT2D eigenvalue weighted by Crippen LogP contribution is 2.09. The fourth-order valence-electron chi connectivity index (χ4n) is 4.46. The molecule has 13 nitrogen and oxygen atoms in total. The average Bonchev–Trinajstić information content (AvgIpc) is 3.12. The van der Waals surface area contributed by atoms with E-state index in [-0.39, 0.29) is 58.3 Å². The highest BCUT2D eigenvalue weighted by atomic mass is 16.5. The quantitative estimate of drug-likeness (QED) is 0.102. The molecule has 6 N–H and O–H groups in total. The van der Waals surface area contributed by atoms with E-state index in [4.69, 9.17) is 25.7 Å². The summed E-state index contributed by atoms with van der Waals surface area (Å²) in [6.07, 6.45) is -1.11. The van der Waals surface area contributed by atoms with Gasteiger partial charge < -0.3 is 36.3 Å². The first-order valence-electron chi connectivity index (χ1n) is 15.8. The zero-order valence-electron chi connectivity index (χ0n) is 27.1. The van der Waals surface area contributed by atoms with Crippen molar-refractivity contribution >= 4 is 35.6 Å². The maximum atomic E-state index is 13.3. The van der Waals surface area contributed by atoms with Gasteiger partial charge in [-0.25, -0.2) is 0 Å². The number of carbonyl (C=O) groups is 6. The Kier molecular flexibility index (Phi) is 16.0. The van der Waals surface area contributed by atoms with E-state index < -0.39 is 53.8 Å². The lowest BCUT2D eigenvalue weighted by Crippen LogP contribution is -2.55. The maximum absolute atomic E-state index is 13.3. The molecule has 0 heterocycles. The van der Waals surface area contributed by atoms with Crippen molar-refractivity contribution in [2.45, 2.75) is 76.5 Å². The average molecular weight is 675 g/mol. The summed E-state index contributed by atoms with van der Waals surface area (Å²) >= 11 is 0. The van der Waals surface area contributed by atoms with Crippen LogP contribution in [0.5, 0.6) is 0 Å². The van der Waals surface area contributed by atoms with Crippen molar-refractivity contribution in [3.05, 3.63) is 108 Å². The van der Waals surface area contributed by atoms with Crippen LogP contribution >= 0.6 is 0 Å². The molecule has 0 fully saturated rings. The third-order valence-corrected chi connectivity index (χ3v) is 7.29. The monoisotopic (exact) mass is 674 g/mol. The molecule has 0 bridgehead atoms. The molecule has 0 saturated heterocycles. The molecule has 0 aliphatic carbocycles. The minimum atomic E-state index is -1.33. The number of benzene rings is 3. The van der Waals surface area contributed by atoms with Crippen LogP contribution in [0.1, 0.15) is 55.2 Å². The van der Waals surface area contributed by atoms with Crippen LogP contribution in [0.15, 0.2) is 91.0 Å². The molecule has 0 aromatic heterocycles. The van der Waals surface area contributed by atoms with Gasteiger partial charge in [0.15, 0.2) is 0 Å². The molecular weight excluding hydrogens is 632 g/mol. The number of nitrogens with two attached hydrogens (primary N) is 2. The Morgan fingerprint density at radius 3 is 1.24 bits per heavy atom. The van der Waals surface area contributed by atoms with Gasteiger partial charge in [-0.05, 0) is 36.0 Å². The smallest absolute Gasteiger partial charge is 0.306 e. The molecule has 3 rings (SSSR count). The molecular formula is C36H42N4O9. The Morgan fingerprint density at radius 2 is 0.857 bits per heavy atom. The first-order valence-corrected chi connectivity index (χ1v) is 15.8. The van der Waals surface area contributed by atoms with Crippen LogP contribution in [0.4, 0.5) is 0 Å². The van der Waals surface area contributed by atoms with Gasteiger partial charge in [0, 0.05) is 19.3 Å². The first kappa shape index (κ1) is 37.9. The lowest BCUT2D eigenvalue weighted by atomic mass is 10.1. The second-order valence-corrected chi connectivity index (χ2v) is 11.2. The van der Waals surface area contributed by atoms with Crippen LogP contribution < -0.4 is 22.1 Å². The molecule has 0 aliphatic rings. The summed E-state index contributed by atoms with van der Waals surface area (Å²) in [5.41, 5.74) is 13.9. The third kappa shape index (κ3) is 14.8. The molecule has 0 aliphatic heterocycles. The Hall–Kier alpha value is -5.56. The largest absolute Gasteiger partial charge is 0.461 e. The van der Waals surface area contributed by atoms with Crippen molar-refractivity contribution in [2.24, 2.45) is 11.5 Å². The number of esters is 3. The number of hydrogen-bond acceptors (Lipinski definition) is 10. The molecule has 3 aromatic rings. The summed E-state index contributed by atoms with van der Waals surface area (Å²) in [4.78, 5) is 75.5. The minimum Gasteiger partial charge on any atom is -0.461 e. The highest BCUT2D eigenvalue weighted by Gasteiger charge is 2.29. The zero-order chi connectivity index (χ0) is 35.4. The Morgan fingerprint density at radius 1 is 0.510 bits per heavy atom. The molecule has 3 unspecified atom stereocenters. The van der Waals surface area contributed by atoms with E-state index in [2.05, 4.69) is 10.6 Å².